The van der Waals surface area contributed by atoms with E-state index in [1.165, 1.54) is 89.9 Å². The van der Waals surface area contributed by atoms with Crippen molar-refractivity contribution in [2.75, 3.05) is 0 Å². The van der Waals surface area contributed by atoms with Gasteiger partial charge in [0, 0.05) is 12.0 Å². The first-order valence-electron chi connectivity index (χ1n) is 10.4. The molecular weight excluding hydrogens is 385 g/mol. The predicted octanol–water partition coefficient (Wildman–Crippen LogP) is 7.12. The smallest absolute Gasteiger partial charge is 0.348 e. The van der Waals surface area contributed by atoms with E-state index in [2.05, 4.69) is 6.92 Å². The number of carbonyl (C=O) groups excluding carboxylic acids is 1. The average Bonchev–Trinajstić information content (AvgIpc) is 2.64. The minimum absolute atomic E-state index is 0.153. The molecule has 160 valence electrons. The molecule has 3 N–H and O–H groups in total. The molecule has 27 heavy (non-hydrogen) atoms. The number of primary amides is 1. The van der Waals surface area contributed by atoms with Crippen molar-refractivity contribution >= 4 is 35.1 Å². The number of amides is 1. The number of carboxylic acid groups (broad SMARTS) is 1. The fourth-order valence-corrected chi connectivity index (χ4v) is 2.81. The van der Waals surface area contributed by atoms with Crippen LogP contribution in [0.1, 0.15) is 110 Å². The summed E-state index contributed by atoms with van der Waals surface area (Å²) in [7, 11) is 0. The van der Waals surface area contributed by atoms with Gasteiger partial charge in [-0.25, -0.2) is 4.79 Å². The molecule has 0 aliphatic heterocycles. The van der Waals surface area contributed by atoms with Crippen molar-refractivity contribution in [3.8, 4) is 0 Å². The molecule has 1 amide bonds. The van der Waals surface area contributed by atoms with Crippen molar-refractivity contribution < 1.29 is 14.7 Å². The summed E-state index contributed by atoms with van der Waals surface area (Å²) in [6.07, 6.45) is 20.9. The first-order chi connectivity index (χ1) is 13.0. The molecule has 0 aliphatic rings. The third-order valence-electron chi connectivity index (χ3n) is 4.33. The Kier molecular flexibility index (Phi) is 24.6. The highest BCUT2D eigenvalue weighted by Gasteiger charge is 1.98. The van der Waals surface area contributed by atoms with E-state index in [0.29, 0.717) is 6.42 Å². The second kappa shape index (κ2) is 23.3. The maximum Gasteiger partial charge on any atom is 0.348 e. The number of carboxylic acids is 1. The molecule has 6 heteroatoms. The number of hydrogen-bond acceptors (Lipinski definition) is 2. The highest BCUT2D eigenvalue weighted by molar-refractivity contribution is 6.45. The summed E-state index contributed by atoms with van der Waals surface area (Å²) in [5, 5.41) is 7.52. The zero-order chi connectivity index (χ0) is 20.8. The zero-order valence-electron chi connectivity index (χ0n) is 17.0. The Morgan fingerprint density at radius 1 is 0.778 bits per heavy atom. The number of nitrogens with two attached hydrogens (primary N) is 1. The fraction of sp³-hybridized carbons (Fsp3) is 0.810. The third-order valence-corrected chi connectivity index (χ3v) is 4.93. The molecule has 4 nitrogen and oxygen atoms in total. The van der Waals surface area contributed by atoms with E-state index < -0.39 is 5.97 Å². The van der Waals surface area contributed by atoms with Gasteiger partial charge in [-0.3, -0.25) is 4.79 Å². The van der Waals surface area contributed by atoms with Gasteiger partial charge < -0.3 is 10.8 Å². The number of rotatable bonds is 17. The van der Waals surface area contributed by atoms with Crippen LogP contribution in [-0.4, -0.2) is 17.0 Å². The molecule has 0 bridgehead atoms. The minimum atomic E-state index is -1.21. The van der Waals surface area contributed by atoms with Crippen LogP contribution in [0, 0.1) is 0 Å². The third kappa shape index (κ3) is 27.6. The molecule has 0 heterocycles. The van der Waals surface area contributed by atoms with Gasteiger partial charge in [0.05, 0.1) is 0 Å². The molecule has 0 aromatic rings. The predicted molar refractivity (Wildman–Crippen MR) is 116 cm³/mol. The standard InChI is InChI=1S/C18H37NO.C3H2Cl2O2/c1-2-3-4-5-6-7-8-9-10-11-12-13-14-15-16-17-18(19)20;4-1-2(5)3(6)7/h2-17H2,1H3,(H2,19,20);1H,(H,6,7). The Bertz CT molecular complexity index is 388. The van der Waals surface area contributed by atoms with E-state index in [-0.39, 0.29) is 10.9 Å². The monoisotopic (exact) mass is 423 g/mol. The van der Waals surface area contributed by atoms with Crippen molar-refractivity contribution in [1.82, 2.24) is 0 Å². The maximum atomic E-state index is 10.6. The van der Waals surface area contributed by atoms with Gasteiger partial charge in [-0.05, 0) is 6.42 Å². The summed E-state index contributed by atoms with van der Waals surface area (Å²) >= 11 is 9.80. The number of carbonyl (C=O) groups is 2. The summed E-state index contributed by atoms with van der Waals surface area (Å²) in [6.45, 7) is 2.28. The van der Waals surface area contributed by atoms with Gasteiger partial charge in [-0.1, -0.05) is 120 Å². The van der Waals surface area contributed by atoms with Crippen LogP contribution in [0.3, 0.4) is 0 Å². The van der Waals surface area contributed by atoms with Crippen molar-refractivity contribution in [1.29, 1.82) is 0 Å². The highest BCUT2D eigenvalue weighted by Crippen LogP contribution is 2.13. The molecule has 0 fully saturated rings. The van der Waals surface area contributed by atoms with E-state index >= 15 is 0 Å². The molecule has 0 radical (unpaired) electrons. The Labute approximate surface area is 175 Å². The lowest BCUT2D eigenvalue weighted by molar-refractivity contribution is -0.131. The van der Waals surface area contributed by atoms with Gasteiger partial charge >= 0.3 is 5.97 Å². The largest absolute Gasteiger partial charge is 0.477 e. The van der Waals surface area contributed by atoms with Gasteiger partial charge in [0.1, 0.15) is 5.03 Å². The fourth-order valence-electron chi connectivity index (χ4n) is 2.72. The Hall–Kier alpha value is -0.740. The summed E-state index contributed by atoms with van der Waals surface area (Å²) < 4.78 is 0. The van der Waals surface area contributed by atoms with Gasteiger partial charge in [-0.2, -0.15) is 0 Å². The Balaban J connectivity index is 0. The molecule has 0 unspecified atom stereocenters. The van der Waals surface area contributed by atoms with Crippen molar-refractivity contribution in [3.63, 3.8) is 0 Å². The van der Waals surface area contributed by atoms with Crippen molar-refractivity contribution in [3.05, 3.63) is 10.6 Å². The van der Waals surface area contributed by atoms with E-state index in [4.69, 9.17) is 34.0 Å². The van der Waals surface area contributed by atoms with Crippen LogP contribution in [0.4, 0.5) is 0 Å². The Morgan fingerprint density at radius 3 is 1.33 bits per heavy atom. The molecular formula is C21H39Cl2NO3. The average molecular weight is 424 g/mol. The van der Waals surface area contributed by atoms with Crippen LogP contribution >= 0.6 is 23.2 Å². The molecule has 0 aromatic heterocycles. The number of unbranched alkanes of at least 4 members (excludes halogenated alkanes) is 14. The molecule has 0 aromatic carbocycles. The zero-order valence-corrected chi connectivity index (χ0v) is 18.5. The number of halogens is 2. The van der Waals surface area contributed by atoms with E-state index in [0.717, 1.165) is 12.0 Å². The normalized spacial score (nSPS) is 11.0. The summed E-state index contributed by atoms with van der Waals surface area (Å²) in [6, 6.07) is 0. The van der Waals surface area contributed by atoms with Crippen LogP contribution in [-0.2, 0) is 9.59 Å². The first-order valence-corrected chi connectivity index (χ1v) is 11.2. The van der Waals surface area contributed by atoms with Crippen molar-refractivity contribution in [2.45, 2.75) is 110 Å². The summed E-state index contributed by atoms with van der Waals surface area (Å²) in [5.41, 5.74) is 5.90. The van der Waals surface area contributed by atoms with E-state index in [1.807, 2.05) is 0 Å². The topological polar surface area (TPSA) is 80.4 Å². The summed E-state index contributed by atoms with van der Waals surface area (Å²) in [5.74, 6) is -1.36. The molecule has 0 saturated carbocycles. The summed E-state index contributed by atoms with van der Waals surface area (Å²) in [4.78, 5) is 20.2. The lowest BCUT2D eigenvalue weighted by atomic mass is 10.0. The SMILES string of the molecule is CCCCCCCCCCCCCCCCCC(N)=O.O=C(O)C(Cl)=CCl. The maximum absolute atomic E-state index is 10.6. The quantitative estimate of drug-likeness (QED) is 0.193. The highest BCUT2D eigenvalue weighted by atomic mass is 35.5. The second-order valence-corrected chi connectivity index (χ2v) is 7.55. The van der Waals surface area contributed by atoms with Gasteiger partial charge in [0.2, 0.25) is 5.91 Å². The van der Waals surface area contributed by atoms with E-state index in [9.17, 15) is 9.59 Å². The van der Waals surface area contributed by atoms with Gasteiger partial charge in [0.25, 0.3) is 0 Å². The second-order valence-electron chi connectivity index (χ2n) is 6.93. The van der Waals surface area contributed by atoms with E-state index in [1.54, 1.807) is 0 Å². The Morgan fingerprint density at radius 2 is 1.11 bits per heavy atom. The molecule has 0 aliphatic carbocycles. The minimum Gasteiger partial charge on any atom is -0.477 e. The lowest BCUT2D eigenvalue weighted by Gasteiger charge is -2.03. The van der Waals surface area contributed by atoms with Gasteiger partial charge in [-0.15, -0.1) is 0 Å². The molecule has 0 saturated heterocycles. The molecule has 0 rings (SSSR count). The van der Waals surface area contributed by atoms with Crippen LogP contribution in [0.25, 0.3) is 0 Å². The molecule has 0 spiro atoms. The first kappa shape index (κ1) is 28.5. The van der Waals surface area contributed by atoms with Crippen LogP contribution in [0.5, 0.6) is 0 Å². The van der Waals surface area contributed by atoms with Gasteiger partial charge in [0.15, 0.2) is 0 Å². The van der Waals surface area contributed by atoms with Crippen molar-refractivity contribution in [2.24, 2.45) is 5.73 Å². The van der Waals surface area contributed by atoms with Crippen LogP contribution in [0.2, 0.25) is 0 Å². The lowest BCUT2D eigenvalue weighted by Crippen LogP contribution is -2.09. The number of hydrogen-bond donors (Lipinski definition) is 2. The molecule has 0 atom stereocenters. The number of aliphatic carboxylic acids is 1. The van der Waals surface area contributed by atoms with Crippen LogP contribution < -0.4 is 5.73 Å². The van der Waals surface area contributed by atoms with Crippen LogP contribution in [0.15, 0.2) is 10.6 Å².